The second kappa shape index (κ2) is 7.54. The molecule has 100 valence electrons. The van der Waals surface area contributed by atoms with Crippen molar-refractivity contribution in [3.8, 4) is 5.75 Å². The molecule has 0 unspecified atom stereocenters. The molecule has 0 fully saturated rings. The van der Waals surface area contributed by atoms with E-state index in [0.717, 1.165) is 31.9 Å². The molecule has 0 spiro atoms. The second-order valence-electron chi connectivity index (χ2n) is 4.51. The van der Waals surface area contributed by atoms with E-state index in [4.69, 9.17) is 4.74 Å². The van der Waals surface area contributed by atoms with Crippen LogP contribution in [0.5, 0.6) is 5.75 Å². The van der Waals surface area contributed by atoms with Crippen LogP contribution in [-0.2, 0) is 6.54 Å². The summed E-state index contributed by atoms with van der Waals surface area (Å²) in [6.45, 7) is 4.61. The van der Waals surface area contributed by atoms with Crippen molar-refractivity contribution in [3.63, 3.8) is 0 Å². The fraction of sp³-hybridized carbons (Fsp3) is 0.312. The van der Waals surface area contributed by atoms with Crippen molar-refractivity contribution in [1.82, 2.24) is 10.3 Å². The van der Waals surface area contributed by atoms with Gasteiger partial charge in [-0.15, -0.1) is 0 Å². The molecular weight excluding hydrogens is 236 g/mol. The Morgan fingerprint density at radius 3 is 2.84 bits per heavy atom. The maximum absolute atomic E-state index is 5.74. The monoisotopic (exact) mass is 256 g/mol. The van der Waals surface area contributed by atoms with Gasteiger partial charge >= 0.3 is 0 Å². The van der Waals surface area contributed by atoms with Crippen LogP contribution in [0.3, 0.4) is 0 Å². The van der Waals surface area contributed by atoms with Gasteiger partial charge in [0.2, 0.25) is 0 Å². The lowest BCUT2D eigenvalue weighted by molar-refractivity contribution is 0.306. The summed E-state index contributed by atoms with van der Waals surface area (Å²) in [6.07, 6.45) is 4.67. The van der Waals surface area contributed by atoms with Crippen molar-refractivity contribution in [2.75, 3.05) is 13.2 Å². The minimum atomic E-state index is 0.741. The van der Waals surface area contributed by atoms with Gasteiger partial charge in [0, 0.05) is 18.9 Å². The summed E-state index contributed by atoms with van der Waals surface area (Å²) in [7, 11) is 0. The molecular formula is C16H20N2O. The van der Waals surface area contributed by atoms with Gasteiger partial charge in [0.25, 0.3) is 0 Å². The zero-order valence-corrected chi connectivity index (χ0v) is 11.3. The maximum Gasteiger partial charge on any atom is 0.122 e. The predicted octanol–water partition coefficient (Wildman–Crippen LogP) is 2.95. The normalized spacial score (nSPS) is 10.4. The van der Waals surface area contributed by atoms with Gasteiger partial charge in [0.05, 0.1) is 6.61 Å². The molecule has 0 saturated heterocycles. The van der Waals surface area contributed by atoms with Crippen LogP contribution in [0.4, 0.5) is 0 Å². The van der Waals surface area contributed by atoms with Crippen LogP contribution in [0.2, 0.25) is 0 Å². The molecule has 3 nitrogen and oxygen atoms in total. The Hall–Kier alpha value is -1.87. The number of aromatic nitrogens is 1. The first kappa shape index (κ1) is 13.6. The highest BCUT2D eigenvalue weighted by atomic mass is 16.5. The number of nitrogens with one attached hydrogen (secondary N) is 1. The van der Waals surface area contributed by atoms with Gasteiger partial charge in [-0.1, -0.05) is 24.3 Å². The Morgan fingerprint density at radius 1 is 1.16 bits per heavy atom. The summed E-state index contributed by atoms with van der Waals surface area (Å²) in [5.74, 6) is 0.981. The smallest absolute Gasteiger partial charge is 0.122 e. The standard InChI is InChI=1S/C16H20N2O/c1-14-6-2-3-8-16(14)19-11-5-10-18-13-15-7-4-9-17-12-15/h2-4,6-9,12,18H,5,10-11,13H2,1H3. The SMILES string of the molecule is Cc1ccccc1OCCCNCc1cccnc1. The quantitative estimate of drug-likeness (QED) is 0.773. The minimum Gasteiger partial charge on any atom is -0.493 e. The first-order valence-corrected chi connectivity index (χ1v) is 6.64. The van der Waals surface area contributed by atoms with Crippen molar-refractivity contribution in [3.05, 3.63) is 59.9 Å². The van der Waals surface area contributed by atoms with Gasteiger partial charge in [-0.05, 0) is 43.1 Å². The number of nitrogens with zero attached hydrogens (tertiary/aromatic N) is 1. The second-order valence-corrected chi connectivity index (χ2v) is 4.51. The number of rotatable bonds is 7. The van der Waals surface area contributed by atoms with Crippen molar-refractivity contribution in [2.24, 2.45) is 0 Å². The first-order valence-electron chi connectivity index (χ1n) is 6.64. The molecule has 1 N–H and O–H groups in total. The van der Waals surface area contributed by atoms with E-state index in [2.05, 4.69) is 29.4 Å². The van der Waals surface area contributed by atoms with E-state index in [1.54, 1.807) is 6.20 Å². The average molecular weight is 256 g/mol. The molecule has 0 aliphatic heterocycles. The number of para-hydroxylation sites is 1. The lowest BCUT2D eigenvalue weighted by Gasteiger charge is -2.09. The maximum atomic E-state index is 5.74. The summed E-state index contributed by atoms with van der Waals surface area (Å²) < 4.78 is 5.74. The highest BCUT2D eigenvalue weighted by molar-refractivity contribution is 5.31. The van der Waals surface area contributed by atoms with E-state index < -0.39 is 0 Å². The van der Waals surface area contributed by atoms with E-state index in [-0.39, 0.29) is 0 Å². The Kier molecular flexibility index (Phi) is 5.38. The first-order chi connectivity index (χ1) is 9.36. The lowest BCUT2D eigenvalue weighted by atomic mass is 10.2. The van der Waals surface area contributed by atoms with Crippen molar-refractivity contribution >= 4 is 0 Å². The van der Waals surface area contributed by atoms with E-state index in [1.165, 1.54) is 11.1 Å². The third kappa shape index (κ3) is 4.72. The number of benzene rings is 1. The van der Waals surface area contributed by atoms with Crippen LogP contribution in [0.15, 0.2) is 48.8 Å². The molecule has 0 aliphatic rings. The highest BCUT2D eigenvalue weighted by Crippen LogP contribution is 2.15. The summed E-state index contributed by atoms with van der Waals surface area (Å²) in [5.41, 5.74) is 2.40. The molecule has 0 radical (unpaired) electrons. The molecule has 3 heteroatoms. The van der Waals surface area contributed by atoms with Crippen molar-refractivity contribution in [2.45, 2.75) is 19.9 Å². The van der Waals surface area contributed by atoms with Crippen LogP contribution in [0.25, 0.3) is 0 Å². The Morgan fingerprint density at radius 2 is 2.05 bits per heavy atom. The van der Waals surface area contributed by atoms with Gasteiger partial charge in [-0.3, -0.25) is 4.98 Å². The van der Waals surface area contributed by atoms with E-state index >= 15 is 0 Å². The minimum absolute atomic E-state index is 0.741. The molecule has 1 aromatic heterocycles. The van der Waals surface area contributed by atoms with Crippen LogP contribution in [-0.4, -0.2) is 18.1 Å². The predicted molar refractivity (Wildman–Crippen MR) is 77.2 cm³/mol. The molecule has 0 atom stereocenters. The van der Waals surface area contributed by atoms with Gasteiger partial charge in [0.1, 0.15) is 5.75 Å². The Balaban J connectivity index is 1.59. The molecule has 1 aromatic carbocycles. The summed E-state index contributed by atoms with van der Waals surface area (Å²) in [4.78, 5) is 4.08. The van der Waals surface area contributed by atoms with Crippen LogP contribution in [0, 0.1) is 6.92 Å². The molecule has 1 heterocycles. The molecule has 19 heavy (non-hydrogen) atoms. The third-order valence-electron chi connectivity index (χ3n) is 2.90. The molecule has 0 bridgehead atoms. The molecule has 0 aliphatic carbocycles. The van der Waals surface area contributed by atoms with Gasteiger partial charge in [-0.2, -0.15) is 0 Å². The van der Waals surface area contributed by atoms with Gasteiger partial charge in [0.15, 0.2) is 0 Å². The number of aryl methyl sites for hydroxylation is 1. The number of hydrogen-bond donors (Lipinski definition) is 1. The fourth-order valence-electron chi connectivity index (χ4n) is 1.83. The fourth-order valence-corrected chi connectivity index (χ4v) is 1.83. The molecule has 0 saturated carbocycles. The lowest BCUT2D eigenvalue weighted by Crippen LogP contribution is -2.17. The Labute approximate surface area is 114 Å². The zero-order chi connectivity index (χ0) is 13.3. The molecule has 2 rings (SSSR count). The largest absolute Gasteiger partial charge is 0.493 e. The third-order valence-corrected chi connectivity index (χ3v) is 2.90. The Bertz CT molecular complexity index is 485. The van der Waals surface area contributed by atoms with Crippen LogP contribution < -0.4 is 10.1 Å². The highest BCUT2D eigenvalue weighted by Gasteiger charge is 1.97. The topological polar surface area (TPSA) is 34.1 Å². The molecule has 2 aromatic rings. The number of hydrogen-bond acceptors (Lipinski definition) is 3. The molecule has 0 amide bonds. The van der Waals surface area contributed by atoms with Crippen molar-refractivity contribution in [1.29, 1.82) is 0 Å². The number of ether oxygens (including phenoxy) is 1. The van der Waals surface area contributed by atoms with Crippen LogP contribution >= 0.6 is 0 Å². The van der Waals surface area contributed by atoms with E-state index in [9.17, 15) is 0 Å². The summed E-state index contributed by atoms with van der Waals surface area (Å²) in [5, 5.41) is 3.38. The van der Waals surface area contributed by atoms with Crippen molar-refractivity contribution < 1.29 is 4.74 Å². The van der Waals surface area contributed by atoms with Gasteiger partial charge < -0.3 is 10.1 Å². The van der Waals surface area contributed by atoms with E-state index in [0.29, 0.717) is 0 Å². The van der Waals surface area contributed by atoms with Gasteiger partial charge in [-0.25, -0.2) is 0 Å². The summed E-state index contributed by atoms with van der Waals surface area (Å²) >= 11 is 0. The zero-order valence-electron chi connectivity index (χ0n) is 11.3. The van der Waals surface area contributed by atoms with E-state index in [1.807, 2.05) is 30.5 Å². The van der Waals surface area contributed by atoms with Crippen LogP contribution in [0.1, 0.15) is 17.5 Å². The summed E-state index contributed by atoms with van der Waals surface area (Å²) in [6, 6.07) is 12.1. The number of pyridine rings is 1. The average Bonchev–Trinajstić information content (AvgIpc) is 2.45.